The average molecular weight is 402 g/mol. The molecule has 2 saturated carbocycles. The van der Waals surface area contributed by atoms with Gasteiger partial charge in [0.1, 0.15) is 5.75 Å². The lowest BCUT2D eigenvalue weighted by Gasteiger charge is -2.48. The van der Waals surface area contributed by atoms with Crippen LogP contribution < -0.4 is 5.73 Å². The number of phenols is 1. The number of carbonyl (C=O) groups excluding carboxylic acids is 2. The van der Waals surface area contributed by atoms with Gasteiger partial charge in [-0.15, -0.1) is 0 Å². The highest BCUT2D eigenvalue weighted by atomic mass is 16.3. The number of allylic oxidation sites excluding steroid dienone is 1. The number of hydrogen-bond acceptors (Lipinski definition) is 3. The standard InChI is InChI=1S/C26H27NO3/c1-26-10-9-21-20-8-6-19(28)13-16(20)5-7-22(21)23(26)14-18(24(26)29)12-15-3-2-4-17(11-15)25(27)30/h2-4,6,8,11-13,21-23,28H,5,7,9-10,14H2,1H3,(H2,27,30)/t21-,22-,23+,26-/m1/s1. The van der Waals surface area contributed by atoms with Crippen molar-refractivity contribution in [2.24, 2.45) is 23.0 Å². The number of phenolic OH excluding ortho intramolecular Hbond substituents is 1. The number of fused-ring (bicyclic) bond motifs is 5. The molecule has 3 N–H and O–H groups in total. The minimum atomic E-state index is -0.455. The van der Waals surface area contributed by atoms with E-state index in [4.69, 9.17) is 5.73 Å². The van der Waals surface area contributed by atoms with Crippen molar-refractivity contribution in [2.45, 2.75) is 44.9 Å². The lowest BCUT2D eigenvalue weighted by Crippen LogP contribution is -2.42. The maximum absolute atomic E-state index is 13.5. The molecule has 5 rings (SSSR count). The lowest BCUT2D eigenvalue weighted by atomic mass is 9.55. The summed E-state index contributed by atoms with van der Waals surface area (Å²) in [6.07, 6.45) is 6.71. The van der Waals surface area contributed by atoms with Gasteiger partial charge in [-0.2, -0.15) is 0 Å². The third-order valence-electron chi connectivity index (χ3n) is 7.86. The first-order valence-corrected chi connectivity index (χ1v) is 10.8. The highest BCUT2D eigenvalue weighted by Crippen LogP contribution is 2.60. The van der Waals surface area contributed by atoms with Crippen LogP contribution in [0.15, 0.2) is 48.0 Å². The molecule has 0 saturated heterocycles. The summed E-state index contributed by atoms with van der Waals surface area (Å²) in [5.41, 5.74) is 9.94. The van der Waals surface area contributed by atoms with Gasteiger partial charge in [0.25, 0.3) is 0 Å². The lowest BCUT2D eigenvalue weighted by molar-refractivity contribution is -0.127. The van der Waals surface area contributed by atoms with Crippen molar-refractivity contribution in [1.82, 2.24) is 0 Å². The summed E-state index contributed by atoms with van der Waals surface area (Å²) in [4.78, 5) is 25.0. The minimum absolute atomic E-state index is 0.270. The fraction of sp³-hybridized carbons (Fsp3) is 0.385. The summed E-state index contributed by atoms with van der Waals surface area (Å²) in [5.74, 6) is 1.46. The number of hydrogen-bond donors (Lipinski definition) is 2. The molecule has 2 aromatic carbocycles. The van der Waals surface area contributed by atoms with Crippen molar-refractivity contribution < 1.29 is 14.7 Å². The Morgan fingerprint density at radius 3 is 2.83 bits per heavy atom. The molecule has 3 aliphatic rings. The minimum Gasteiger partial charge on any atom is -0.508 e. The molecule has 1 amide bonds. The molecular formula is C26H27NO3. The van der Waals surface area contributed by atoms with Crippen LogP contribution in [0, 0.1) is 17.3 Å². The maximum atomic E-state index is 13.5. The quantitative estimate of drug-likeness (QED) is 0.721. The maximum Gasteiger partial charge on any atom is 0.248 e. The first-order valence-electron chi connectivity index (χ1n) is 10.8. The molecule has 30 heavy (non-hydrogen) atoms. The number of benzene rings is 2. The van der Waals surface area contributed by atoms with E-state index in [-0.39, 0.29) is 11.2 Å². The molecule has 0 spiro atoms. The molecule has 4 atom stereocenters. The van der Waals surface area contributed by atoms with E-state index < -0.39 is 5.91 Å². The van der Waals surface area contributed by atoms with Crippen LogP contribution in [-0.2, 0) is 11.2 Å². The number of primary amides is 1. The van der Waals surface area contributed by atoms with Gasteiger partial charge in [0, 0.05) is 11.0 Å². The van der Waals surface area contributed by atoms with Crippen molar-refractivity contribution in [3.8, 4) is 5.75 Å². The Balaban J connectivity index is 1.48. The van der Waals surface area contributed by atoms with Crippen molar-refractivity contribution in [3.63, 3.8) is 0 Å². The van der Waals surface area contributed by atoms with Gasteiger partial charge in [-0.25, -0.2) is 0 Å². The second kappa shape index (κ2) is 6.83. The molecule has 0 radical (unpaired) electrons. The molecule has 0 heterocycles. The Morgan fingerprint density at radius 2 is 2.03 bits per heavy atom. The summed E-state index contributed by atoms with van der Waals surface area (Å²) < 4.78 is 0. The molecule has 0 aromatic heterocycles. The van der Waals surface area contributed by atoms with Crippen LogP contribution in [0.5, 0.6) is 5.75 Å². The summed E-state index contributed by atoms with van der Waals surface area (Å²) in [6, 6.07) is 13.0. The van der Waals surface area contributed by atoms with Gasteiger partial charge in [0.15, 0.2) is 5.78 Å². The third-order valence-corrected chi connectivity index (χ3v) is 7.86. The van der Waals surface area contributed by atoms with Gasteiger partial charge >= 0.3 is 0 Å². The number of carbonyl (C=O) groups is 2. The summed E-state index contributed by atoms with van der Waals surface area (Å²) in [7, 11) is 0. The van der Waals surface area contributed by atoms with E-state index in [2.05, 4.69) is 13.0 Å². The number of rotatable bonds is 2. The third kappa shape index (κ3) is 2.89. The molecule has 4 heteroatoms. The average Bonchev–Trinajstić information content (AvgIpc) is 2.98. The SMILES string of the molecule is C[C@@]12CC[C@@H]3c4ccc(O)cc4CC[C@H]3[C@@H]1CC(=Cc1cccc(C(N)=O)c1)C2=O. The van der Waals surface area contributed by atoms with Crippen LogP contribution in [0.1, 0.15) is 65.6 Å². The second-order valence-electron chi connectivity index (χ2n) is 9.45. The van der Waals surface area contributed by atoms with E-state index in [1.807, 2.05) is 24.3 Å². The van der Waals surface area contributed by atoms with Crippen LogP contribution >= 0.6 is 0 Å². The van der Waals surface area contributed by atoms with Crippen molar-refractivity contribution >= 4 is 17.8 Å². The first kappa shape index (κ1) is 19.1. The van der Waals surface area contributed by atoms with E-state index in [1.165, 1.54) is 11.1 Å². The van der Waals surface area contributed by atoms with Gasteiger partial charge in [-0.3, -0.25) is 9.59 Å². The Kier molecular flexibility index (Phi) is 4.35. The zero-order valence-corrected chi connectivity index (χ0v) is 17.2. The van der Waals surface area contributed by atoms with Gasteiger partial charge in [-0.05, 0) is 102 Å². The molecule has 3 aliphatic carbocycles. The number of aromatic hydroxyl groups is 1. The fourth-order valence-corrected chi connectivity index (χ4v) is 6.35. The molecule has 2 aromatic rings. The van der Waals surface area contributed by atoms with E-state index in [0.717, 1.165) is 43.2 Å². The van der Waals surface area contributed by atoms with Crippen molar-refractivity contribution in [1.29, 1.82) is 0 Å². The molecule has 154 valence electrons. The van der Waals surface area contributed by atoms with Crippen LogP contribution in [-0.4, -0.2) is 16.8 Å². The summed E-state index contributed by atoms with van der Waals surface area (Å²) in [6.45, 7) is 2.16. The number of ketones is 1. The smallest absolute Gasteiger partial charge is 0.248 e. The van der Waals surface area contributed by atoms with E-state index in [1.54, 1.807) is 18.2 Å². The van der Waals surface area contributed by atoms with Crippen LogP contribution in [0.3, 0.4) is 0 Å². The van der Waals surface area contributed by atoms with Crippen LogP contribution in [0.25, 0.3) is 6.08 Å². The fourth-order valence-electron chi connectivity index (χ4n) is 6.35. The Labute approximate surface area is 176 Å². The zero-order chi connectivity index (χ0) is 21.0. The van der Waals surface area contributed by atoms with Gasteiger partial charge in [0.05, 0.1) is 0 Å². The van der Waals surface area contributed by atoms with E-state index >= 15 is 0 Å². The highest BCUT2D eigenvalue weighted by molar-refractivity contribution is 6.06. The van der Waals surface area contributed by atoms with Gasteiger partial charge < -0.3 is 10.8 Å². The van der Waals surface area contributed by atoms with Crippen molar-refractivity contribution in [2.75, 3.05) is 0 Å². The molecule has 2 fully saturated rings. The topological polar surface area (TPSA) is 80.4 Å². The molecule has 0 aliphatic heterocycles. The van der Waals surface area contributed by atoms with Crippen LogP contribution in [0.4, 0.5) is 0 Å². The molecule has 0 unspecified atom stereocenters. The van der Waals surface area contributed by atoms with Gasteiger partial charge in [-0.1, -0.05) is 25.1 Å². The van der Waals surface area contributed by atoms with Gasteiger partial charge in [0.2, 0.25) is 5.91 Å². The number of aryl methyl sites for hydroxylation is 1. The second-order valence-corrected chi connectivity index (χ2v) is 9.45. The number of amides is 1. The Hall–Kier alpha value is -2.88. The highest BCUT2D eigenvalue weighted by Gasteiger charge is 2.56. The predicted molar refractivity (Wildman–Crippen MR) is 116 cm³/mol. The number of nitrogens with two attached hydrogens (primary N) is 1. The van der Waals surface area contributed by atoms with Crippen LogP contribution in [0.2, 0.25) is 0 Å². The first-order chi connectivity index (χ1) is 14.4. The van der Waals surface area contributed by atoms with E-state index in [0.29, 0.717) is 29.1 Å². The summed E-state index contributed by atoms with van der Waals surface area (Å²) in [5, 5.41) is 9.86. The number of Topliss-reactive ketones (excluding diaryl/α,β-unsaturated/α-hetero) is 1. The molecule has 0 bridgehead atoms. The zero-order valence-electron chi connectivity index (χ0n) is 17.2. The molecular weight excluding hydrogens is 374 g/mol. The van der Waals surface area contributed by atoms with Crippen molar-refractivity contribution in [3.05, 3.63) is 70.3 Å². The summed E-state index contributed by atoms with van der Waals surface area (Å²) >= 11 is 0. The monoisotopic (exact) mass is 401 g/mol. The van der Waals surface area contributed by atoms with E-state index in [9.17, 15) is 14.7 Å². The normalized spacial score (nSPS) is 31.2. The Morgan fingerprint density at radius 1 is 1.20 bits per heavy atom. The molecule has 4 nitrogen and oxygen atoms in total. The predicted octanol–water partition coefficient (Wildman–Crippen LogP) is 4.61. The largest absolute Gasteiger partial charge is 0.508 e. The Bertz CT molecular complexity index is 1090.